The van der Waals surface area contributed by atoms with Crippen LogP contribution in [-0.4, -0.2) is 30.7 Å². The van der Waals surface area contributed by atoms with E-state index in [-0.39, 0.29) is 24.0 Å². The maximum absolute atomic E-state index is 2.32. The number of hydrogen-bond acceptors (Lipinski definition) is 0. The molecule has 0 heterocycles. The molecular formula is C17H30IN. The Morgan fingerprint density at radius 3 is 1.63 bits per heavy atom. The van der Waals surface area contributed by atoms with Gasteiger partial charge >= 0.3 is 0 Å². The number of nitrogens with zero attached hydrogens (tertiary/aromatic N) is 1. The lowest BCUT2D eigenvalue weighted by molar-refractivity contribution is -0.928. The van der Waals surface area contributed by atoms with Crippen LogP contribution >= 0.6 is 0 Å². The van der Waals surface area contributed by atoms with Gasteiger partial charge in [-0.2, -0.15) is 0 Å². The second kappa shape index (κ2) is 10.7. The van der Waals surface area contributed by atoms with E-state index in [4.69, 9.17) is 0 Å². The fourth-order valence-corrected chi connectivity index (χ4v) is 3.10. The van der Waals surface area contributed by atoms with Crippen LogP contribution in [0.2, 0.25) is 0 Å². The van der Waals surface area contributed by atoms with Crippen molar-refractivity contribution in [3.8, 4) is 0 Å². The molecule has 110 valence electrons. The molecule has 0 aliphatic heterocycles. The lowest BCUT2D eigenvalue weighted by atomic mass is 10.1. The Labute approximate surface area is 137 Å². The van der Waals surface area contributed by atoms with Gasteiger partial charge in [0.2, 0.25) is 0 Å². The Kier molecular flexibility index (Phi) is 10.6. The van der Waals surface area contributed by atoms with E-state index in [9.17, 15) is 0 Å². The smallest absolute Gasteiger partial charge is 0.0827 e. The molecule has 19 heavy (non-hydrogen) atoms. The van der Waals surface area contributed by atoms with E-state index < -0.39 is 0 Å². The van der Waals surface area contributed by atoms with Crippen LogP contribution in [-0.2, 0) is 6.42 Å². The molecule has 0 saturated carbocycles. The third kappa shape index (κ3) is 6.75. The predicted molar refractivity (Wildman–Crippen MR) is 80.7 cm³/mol. The minimum absolute atomic E-state index is 0. The standard InChI is InChI=1S/C17H30N.HI/c1-4-13-18(14-5-2,15-6-3)16-12-17-10-8-7-9-11-17;/h7-11H,4-6,12-16H2,1-3H3;1H/q+1;/p-1. The van der Waals surface area contributed by atoms with Gasteiger partial charge in [-0.3, -0.25) is 0 Å². The van der Waals surface area contributed by atoms with Crippen molar-refractivity contribution in [2.45, 2.75) is 46.5 Å². The molecule has 0 atom stereocenters. The van der Waals surface area contributed by atoms with E-state index in [0.29, 0.717) is 0 Å². The fraction of sp³-hybridized carbons (Fsp3) is 0.647. The van der Waals surface area contributed by atoms with Gasteiger partial charge in [0.05, 0.1) is 26.2 Å². The summed E-state index contributed by atoms with van der Waals surface area (Å²) < 4.78 is 1.32. The summed E-state index contributed by atoms with van der Waals surface area (Å²) >= 11 is 0. The zero-order valence-corrected chi connectivity index (χ0v) is 15.0. The Balaban J connectivity index is 0.00000324. The summed E-state index contributed by atoms with van der Waals surface area (Å²) in [6.45, 7) is 12.3. The number of quaternary nitrogens is 1. The molecule has 0 aliphatic carbocycles. The number of rotatable bonds is 9. The van der Waals surface area contributed by atoms with Crippen LogP contribution in [0.15, 0.2) is 30.3 Å². The number of halogens is 1. The van der Waals surface area contributed by atoms with E-state index in [2.05, 4.69) is 51.1 Å². The number of benzene rings is 1. The Morgan fingerprint density at radius 2 is 1.21 bits per heavy atom. The molecule has 0 radical (unpaired) electrons. The molecular weight excluding hydrogens is 345 g/mol. The Morgan fingerprint density at radius 1 is 0.737 bits per heavy atom. The first-order chi connectivity index (χ1) is 8.76. The van der Waals surface area contributed by atoms with Gasteiger partial charge in [0, 0.05) is 6.42 Å². The van der Waals surface area contributed by atoms with E-state index in [1.807, 2.05) is 0 Å². The van der Waals surface area contributed by atoms with E-state index in [1.54, 1.807) is 0 Å². The lowest BCUT2D eigenvalue weighted by Crippen LogP contribution is -3.00. The summed E-state index contributed by atoms with van der Waals surface area (Å²) in [5.74, 6) is 0. The lowest BCUT2D eigenvalue weighted by Gasteiger charge is -2.38. The summed E-state index contributed by atoms with van der Waals surface area (Å²) in [6, 6.07) is 10.9. The third-order valence-electron chi connectivity index (χ3n) is 3.81. The molecule has 0 N–H and O–H groups in total. The van der Waals surface area contributed by atoms with Gasteiger partial charge in [0.1, 0.15) is 0 Å². The molecule has 0 aromatic heterocycles. The maximum Gasteiger partial charge on any atom is 0.0827 e. The first-order valence-corrected chi connectivity index (χ1v) is 7.65. The summed E-state index contributed by atoms with van der Waals surface area (Å²) in [6.07, 6.45) is 5.12. The summed E-state index contributed by atoms with van der Waals surface area (Å²) in [4.78, 5) is 0. The van der Waals surface area contributed by atoms with Crippen molar-refractivity contribution in [3.05, 3.63) is 35.9 Å². The fourth-order valence-electron chi connectivity index (χ4n) is 3.10. The second-order valence-corrected chi connectivity index (χ2v) is 5.47. The van der Waals surface area contributed by atoms with Crippen LogP contribution in [0.3, 0.4) is 0 Å². The first kappa shape index (κ1) is 18.9. The Bertz CT molecular complexity index is 293. The highest BCUT2D eigenvalue weighted by atomic mass is 127. The maximum atomic E-state index is 2.32. The minimum atomic E-state index is 0. The summed E-state index contributed by atoms with van der Waals surface area (Å²) in [7, 11) is 0. The molecule has 1 rings (SSSR count). The first-order valence-electron chi connectivity index (χ1n) is 7.65. The van der Waals surface area contributed by atoms with Crippen LogP contribution in [0, 0.1) is 0 Å². The van der Waals surface area contributed by atoms with Gasteiger partial charge in [0.15, 0.2) is 0 Å². The van der Waals surface area contributed by atoms with Gasteiger partial charge < -0.3 is 28.5 Å². The van der Waals surface area contributed by atoms with Crippen LogP contribution in [0.4, 0.5) is 0 Å². The van der Waals surface area contributed by atoms with Crippen LogP contribution in [0.25, 0.3) is 0 Å². The SMILES string of the molecule is CCC[N+](CCC)(CCC)CCc1ccccc1.[I-]. The minimum Gasteiger partial charge on any atom is -1.00 e. The number of hydrogen-bond donors (Lipinski definition) is 0. The zero-order chi connectivity index (χ0) is 13.3. The average molecular weight is 375 g/mol. The quantitative estimate of drug-likeness (QED) is 0.451. The molecule has 0 bridgehead atoms. The van der Waals surface area contributed by atoms with E-state index in [0.717, 1.165) is 0 Å². The molecule has 0 fully saturated rings. The average Bonchev–Trinajstić information content (AvgIpc) is 2.39. The monoisotopic (exact) mass is 375 g/mol. The highest BCUT2D eigenvalue weighted by molar-refractivity contribution is 5.14. The van der Waals surface area contributed by atoms with Gasteiger partial charge in [-0.05, 0) is 24.8 Å². The van der Waals surface area contributed by atoms with Crippen LogP contribution < -0.4 is 24.0 Å². The van der Waals surface area contributed by atoms with Gasteiger partial charge in [-0.1, -0.05) is 51.1 Å². The molecule has 0 spiro atoms. The summed E-state index contributed by atoms with van der Waals surface area (Å²) in [5, 5.41) is 0. The van der Waals surface area contributed by atoms with Gasteiger partial charge in [0.25, 0.3) is 0 Å². The molecule has 0 aliphatic rings. The normalized spacial score (nSPS) is 11.1. The molecule has 0 unspecified atom stereocenters. The zero-order valence-electron chi connectivity index (χ0n) is 12.9. The highest BCUT2D eigenvalue weighted by Gasteiger charge is 2.23. The van der Waals surface area contributed by atoms with Crippen molar-refractivity contribution in [3.63, 3.8) is 0 Å². The van der Waals surface area contributed by atoms with Crippen molar-refractivity contribution >= 4 is 0 Å². The van der Waals surface area contributed by atoms with Crippen molar-refractivity contribution in [1.82, 2.24) is 0 Å². The topological polar surface area (TPSA) is 0 Å². The predicted octanol–water partition coefficient (Wildman–Crippen LogP) is 1.28. The van der Waals surface area contributed by atoms with Gasteiger partial charge in [-0.15, -0.1) is 0 Å². The molecule has 0 amide bonds. The van der Waals surface area contributed by atoms with Crippen molar-refractivity contribution in [2.24, 2.45) is 0 Å². The van der Waals surface area contributed by atoms with E-state index >= 15 is 0 Å². The van der Waals surface area contributed by atoms with Crippen LogP contribution in [0.1, 0.15) is 45.6 Å². The van der Waals surface area contributed by atoms with Crippen molar-refractivity contribution in [2.75, 3.05) is 26.2 Å². The van der Waals surface area contributed by atoms with Gasteiger partial charge in [-0.25, -0.2) is 0 Å². The molecule has 1 aromatic rings. The molecule has 1 nitrogen and oxygen atoms in total. The van der Waals surface area contributed by atoms with Crippen LogP contribution in [0.5, 0.6) is 0 Å². The Hall–Kier alpha value is -0.0900. The molecule has 2 heteroatoms. The van der Waals surface area contributed by atoms with Crippen molar-refractivity contribution in [1.29, 1.82) is 0 Å². The second-order valence-electron chi connectivity index (χ2n) is 5.47. The highest BCUT2D eigenvalue weighted by Crippen LogP contribution is 2.14. The van der Waals surface area contributed by atoms with Crippen molar-refractivity contribution < 1.29 is 28.5 Å². The molecule has 1 aromatic carbocycles. The largest absolute Gasteiger partial charge is 1.00 e. The molecule has 0 saturated heterocycles. The summed E-state index contributed by atoms with van der Waals surface area (Å²) in [5.41, 5.74) is 1.49. The third-order valence-corrected chi connectivity index (χ3v) is 3.81. The van der Waals surface area contributed by atoms with E-state index in [1.165, 1.54) is 61.9 Å².